The normalized spacial score (nSPS) is 18.2. The van der Waals surface area contributed by atoms with Crippen LogP contribution in [-0.4, -0.2) is 103 Å². The summed E-state index contributed by atoms with van der Waals surface area (Å²) in [5.74, 6) is 0.400. The molecule has 292 valence electrons. The molecule has 5 amide bonds. The van der Waals surface area contributed by atoms with Gasteiger partial charge in [-0.3, -0.25) is 19.3 Å². The van der Waals surface area contributed by atoms with E-state index >= 15 is 0 Å². The molecule has 2 aliphatic heterocycles. The summed E-state index contributed by atoms with van der Waals surface area (Å²) in [4.78, 5) is 74.5. The van der Waals surface area contributed by atoms with Crippen molar-refractivity contribution < 1.29 is 28.7 Å². The minimum Gasteiger partial charge on any atom is -0.464 e. The quantitative estimate of drug-likeness (QED) is 0.100. The van der Waals surface area contributed by atoms with Gasteiger partial charge >= 0.3 is 12.0 Å². The average Bonchev–Trinajstić information content (AvgIpc) is 3.66. The number of carbonyl (C=O) groups is 5. The first-order chi connectivity index (χ1) is 26.2. The lowest BCUT2D eigenvalue weighted by atomic mass is 9.84. The Morgan fingerprint density at radius 1 is 0.944 bits per heavy atom. The van der Waals surface area contributed by atoms with Crippen LogP contribution in [0.3, 0.4) is 0 Å². The molecule has 0 radical (unpaired) electrons. The van der Waals surface area contributed by atoms with Gasteiger partial charge in [0.25, 0.3) is 0 Å². The molecule has 2 aromatic rings. The molecule has 2 heterocycles. The van der Waals surface area contributed by atoms with Crippen LogP contribution in [0, 0.1) is 5.92 Å². The number of piperidine rings is 1. The largest absolute Gasteiger partial charge is 0.464 e. The van der Waals surface area contributed by atoms with Gasteiger partial charge in [0, 0.05) is 80.8 Å². The third kappa shape index (κ3) is 13.5. The Morgan fingerprint density at radius 2 is 1.59 bits per heavy atom. The number of rotatable bonds is 20. The number of carbonyl (C=O) groups excluding carboxylic acids is 5. The number of nitrogens with zero attached hydrogens (tertiary/aromatic N) is 4. The van der Waals surface area contributed by atoms with E-state index in [9.17, 15) is 24.0 Å². The number of thioether (sulfide) groups is 1. The zero-order chi connectivity index (χ0) is 38.6. The topological polar surface area (TPSA) is 150 Å². The second-order valence-corrected chi connectivity index (χ2v) is 15.2. The number of likely N-dealkylation sites (tertiary alicyclic amines) is 1. The Labute approximate surface area is 324 Å². The molecule has 2 N–H and O–H groups in total. The van der Waals surface area contributed by atoms with Crippen molar-refractivity contribution in [1.29, 1.82) is 0 Å². The third-order valence-electron chi connectivity index (χ3n) is 9.99. The lowest BCUT2D eigenvalue weighted by Crippen LogP contribution is -2.63. The van der Waals surface area contributed by atoms with E-state index in [4.69, 9.17) is 4.74 Å². The number of para-hydroxylation sites is 1. The van der Waals surface area contributed by atoms with Crippen LogP contribution in [0.5, 0.6) is 0 Å². The number of aliphatic imine (C=N–C) groups is 2. The smallest absolute Gasteiger partial charge is 0.366 e. The van der Waals surface area contributed by atoms with Gasteiger partial charge in [-0.25, -0.2) is 19.6 Å². The summed E-state index contributed by atoms with van der Waals surface area (Å²) in [6.45, 7) is 7.86. The summed E-state index contributed by atoms with van der Waals surface area (Å²) in [5, 5.41) is 6.18. The first kappa shape index (κ1) is 42.4. The fourth-order valence-electron chi connectivity index (χ4n) is 6.98. The molecule has 0 aliphatic carbocycles. The third-order valence-corrected chi connectivity index (χ3v) is 11.5. The van der Waals surface area contributed by atoms with Gasteiger partial charge in [-0.05, 0) is 69.4 Å². The monoisotopic (exact) mass is 760 g/mol. The number of amides is 5. The van der Waals surface area contributed by atoms with Crippen LogP contribution >= 0.6 is 11.8 Å². The minimum absolute atomic E-state index is 0.0438. The molecule has 0 aromatic heterocycles. The SMILES string of the molecule is C=NC(=O)/N=C/C1CS[C@@H](CCCCC(=O)NCCNC(=O)CCCOC(=O)C2(N(C(=O)CC)c3ccccc3)CCN(CCc3ccccc3)CC2)C1. The van der Waals surface area contributed by atoms with E-state index in [-0.39, 0.29) is 43.1 Å². The summed E-state index contributed by atoms with van der Waals surface area (Å²) in [6, 6.07) is 19.1. The highest BCUT2D eigenvalue weighted by Gasteiger charge is 2.50. The van der Waals surface area contributed by atoms with E-state index in [0.717, 1.165) is 44.4 Å². The standard InChI is InChI=1S/C41H56N6O6S/c1-3-38(50)47(34-15-8-5-9-16-34)41(21-26-46(27-22-41)25-20-32-13-6-4-7-14-32)39(51)53-28-12-19-37(49)44-24-23-43-36(48)18-11-10-17-35-29-33(31-54-35)30-45-40(52)42-2/h4-9,13-16,30,33,35H,2-3,10-12,17-29,31H2,1H3,(H,43,48)(H,44,49)/b45-30+/t33?,35-/m0/s1. The first-order valence-electron chi connectivity index (χ1n) is 19.3. The molecule has 0 saturated carbocycles. The van der Waals surface area contributed by atoms with E-state index in [2.05, 4.69) is 44.4 Å². The molecule has 2 fully saturated rings. The van der Waals surface area contributed by atoms with E-state index in [1.807, 2.05) is 60.3 Å². The van der Waals surface area contributed by atoms with Gasteiger partial charge in [-0.2, -0.15) is 11.8 Å². The molecule has 2 atom stereocenters. The molecule has 0 spiro atoms. The minimum atomic E-state index is -1.14. The Morgan fingerprint density at radius 3 is 2.24 bits per heavy atom. The predicted octanol–water partition coefficient (Wildman–Crippen LogP) is 5.64. The Bertz CT molecular complexity index is 1550. The van der Waals surface area contributed by atoms with Crippen molar-refractivity contribution in [2.75, 3.05) is 50.0 Å². The summed E-state index contributed by atoms with van der Waals surface area (Å²) in [6.07, 6.45) is 8.38. The van der Waals surface area contributed by atoms with Gasteiger partial charge in [0.05, 0.1) is 6.61 Å². The van der Waals surface area contributed by atoms with Crippen LogP contribution < -0.4 is 15.5 Å². The fourth-order valence-corrected chi connectivity index (χ4v) is 8.44. The molecule has 54 heavy (non-hydrogen) atoms. The Kier molecular flexibility index (Phi) is 17.9. The number of ether oxygens (including phenoxy) is 1. The molecule has 4 rings (SSSR count). The number of nitrogens with one attached hydrogen (secondary N) is 2. The van der Waals surface area contributed by atoms with Crippen molar-refractivity contribution >= 4 is 60.1 Å². The fraction of sp³-hybridized carbons (Fsp3) is 0.537. The van der Waals surface area contributed by atoms with Crippen molar-refractivity contribution in [3.05, 3.63) is 66.2 Å². The average molecular weight is 761 g/mol. The maximum Gasteiger partial charge on any atom is 0.366 e. The highest BCUT2D eigenvalue weighted by atomic mass is 32.2. The van der Waals surface area contributed by atoms with Crippen molar-refractivity contribution in [3.8, 4) is 0 Å². The van der Waals surface area contributed by atoms with Gasteiger partial charge in [-0.1, -0.05) is 61.9 Å². The highest BCUT2D eigenvalue weighted by Crippen LogP contribution is 2.36. The maximum atomic E-state index is 14.0. The molecule has 0 bridgehead atoms. The molecule has 2 aliphatic rings. The summed E-state index contributed by atoms with van der Waals surface area (Å²) in [7, 11) is 0. The number of hydrogen-bond donors (Lipinski definition) is 2. The zero-order valence-corrected chi connectivity index (χ0v) is 32.4. The van der Waals surface area contributed by atoms with E-state index in [1.54, 1.807) is 18.0 Å². The molecular weight excluding hydrogens is 705 g/mol. The molecule has 2 aromatic carbocycles. The van der Waals surface area contributed by atoms with E-state index < -0.39 is 17.5 Å². The van der Waals surface area contributed by atoms with Crippen LogP contribution in [0.2, 0.25) is 0 Å². The van der Waals surface area contributed by atoms with Crippen molar-refractivity contribution in [1.82, 2.24) is 15.5 Å². The molecule has 12 nitrogen and oxygen atoms in total. The second-order valence-electron chi connectivity index (χ2n) is 13.9. The molecule has 2 saturated heterocycles. The number of urea groups is 1. The Balaban J connectivity index is 1.15. The van der Waals surface area contributed by atoms with Crippen LogP contribution in [0.15, 0.2) is 70.6 Å². The lowest BCUT2D eigenvalue weighted by molar-refractivity contribution is -0.154. The number of anilines is 1. The van der Waals surface area contributed by atoms with E-state index in [0.29, 0.717) is 62.8 Å². The number of esters is 1. The van der Waals surface area contributed by atoms with Gasteiger partial charge in [0.2, 0.25) is 17.7 Å². The van der Waals surface area contributed by atoms with Gasteiger partial charge in [-0.15, -0.1) is 0 Å². The lowest BCUT2D eigenvalue weighted by Gasteiger charge is -2.46. The van der Waals surface area contributed by atoms with Crippen LogP contribution in [0.4, 0.5) is 10.5 Å². The molecular formula is C41H56N6O6S. The van der Waals surface area contributed by atoms with Crippen molar-refractivity contribution in [2.45, 2.75) is 88.3 Å². The van der Waals surface area contributed by atoms with E-state index in [1.165, 1.54) is 5.56 Å². The summed E-state index contributed by atoms with van der Waals surface area (Å²) in [5.41, 5.74) is 0.793. The van der Waals surface area contributed by atoms with Gasteiger partial charge < -0.3 is 20.3 Å². The predicted molar refractivity (Wildman–Crippen MR) is 215 cm³/mol. The second kappa shape index (κ2) is 22.8. The number of benzene rings is 2. The molecule has 13 heteroatoms. The highest BCUT2D eigenvalue weighted by molar-refractivity contribution is 8.00. The van der Waals surface area contributed by atoms with Crippen LogP contribution in [0.25, 0.3) is 0 Å². The van der Waals surface area contributed by atoms with Crippen LogP contribution in [0.1, 0.15) is 76.7 Å². The summed E-state index contributed by atoms with van der Waals surface area (Å²) < 4.78 is 5.85. The van der Waals surface area contributed by atoms with Crippen molar-refractivity contribution in [2.24, 2.45) is 15.9 Å². The van der Waals surface area contributed by atoms with Crippen LogP contribution in [-0.2, 0) is 30.3 Å². The van der Waals surface area contributed by atoms with Gasteiger partial charge in [0.1, 0.15) is 5.54 Å². The maximum absolute atomic E-state index is 14.0. The first-order valence-corrected chi connectivity index (χ1v) is 20.3. The van der Waals surface area contributed by atoms with Gasteiger partial charge in [0.15, 0.2) is 0 Å². The molecule has 1 unspecified atom stereocenters. The summed E-state index contributed by atoms with van der Waals surface area (Å²) >= 11 is 1.88. The Hall–Kier alpha value is -4.36. The number of unbranched alkanes of at least 4 members (excludes halogenated alkanes) is 1. The zero-order valence-electron chi connectivity index (χ0n) is 31.6. The van der Waals surface area contributed by atoms with Crippen molar-refractivity contribution in [3.63, 3.8) is 0 Å². The number of hydrogen-bond acceptors (Lipinski definition) is 8.